The van der Waals surface area contributed by atoms with Crippen LogP contribution >= 0.6 is 22.9 Å². The van der Waals surface area contributed by atoms with E-state index in [-0.39, 0.29) is 16.3 Å². The average Bonchev–Trinajstić information content (AvgIpc) is 3.29. The van der Waals surface area contributed by atoms with Crippen molar-refractivity contribution in [3.63, 3.8) is 0 Å². The monoisotopic (exact) mass is 593 g/mol. The third kappa shape index (κ3) is 8.62. The first-order valence-corrected chi connectivity index (χ1v) is 13.9. The number of thiophene rings is 1. The fraction of sp³-hybridized carbons (Fsp3) is 0.321. The summed E-state index contributed by atoms with van der Waals surface area (Å²) in [6.45, 7) is 10.4. The molecule has 12 heteroatoms. The van der Waals surface area contributed by atoms with Crippen LogP contribution in [0.2, 0.25) is 5.02 Å². The van der Waals surface area contributed by atoms with Gasteiger partial charge in [-0.15, -0.1) is 11.3 Å². The molecule has 0 bridgehead atoms. The van der Waals surface area contributed by atoms with Crippen molar-refractivity contribution >= 4 is 46.7 Å². The van der Waals surface area contributed by atoms with Crippen molar-refractivity contribution in [3.05, 3.63) is 85.6 Å². The van der Waals surface area contributed by atoms with Crippen molar-refractivity contribution in [1.29, 1.82) is 0 Å². The Bertz CT molecular complexity index is 1360. The van der Waals surface area contributed by atoms with E-state index in [0.29, 0.717) is 23.4 Å². The molecular formula is C28H31ClF3N5O2S. The van der Waals surface area contributed by atoms with Gasteiger partial charge in [0.25, 0.3) is 11.8 Å². The number of alkyl halides is 3. The lowest BCUT2D eigenvalue weighted by atomic mass is 10.1. The summed E-state index contributed by atoms with van der Waals surface area (Å²) in [5.74, 6) is -0.981. The number of halogens is 4. The molecule has 0 saturated carbocycles. The van der Waals surface area contributed by atoms with Crippen LogP contribution in [0.1, 0.15) is 56.1 Å². The number of likely N-dealkylation sites (N-methyl/N-ethyl adjacent to an activating group) is 1. The van der Waals surface area contributed by atoms with Crippen LogP contribution < -0.4 is 16.1 Å². The summed E-state index contributed by atoms with van der Waals surface area (Å²) in [7, 11) is 0. The molecule has 0 aliphatic carbocycles. The molecule has 0 unspecified atom stereocenters. The zero-order valence-electron chi connectivity index (χ0n) is 22.4. The highest BCUT2D eigenvalue weighted by molar-refractivity contribution is 7.13. The van der Waals surface area contributed by atoms with E-state index in [1.165, 1.54) is 6.07 Å². The SMILES string of the molecule is CCN(CC)CCNCc1cccc(C(=O)Nc2c(C)csc2C(=O)N/N=C\c2ccc(Cl)c(C(F)(F)F)c2)c1. The fourth-order valence-corrected chi connectivity index (χ4v) is 4.96. The third-order valence-corrected chi connectivity index (χ3v) is 7.54. The molecule has 1 heterocycles. The summed E-state index contributed by atoms with van der Waals surface area (Å²) in [5.41, 5.74) is 3.85. The van der Waals surface area contributed by atoms with Crippen molar-refractivity contribution in [1.82, 2.24) is 15.6 Å². The van der Waals surface area contributed by atoms with E-state index in [1.807, 2.05) is 6.07 Å². The topological polar surface area (TPSA) is 85.8 Å². The van der Waals surface area contributed by atoms with Crippen molar-refractivity contribution < 1.29 is 22.8 Å². The van der Waals surface area contributed by atoms with Gasteiger partial charge in [-0.05, 0) is 66.3 Å². The number of anilines is 1. The third-order valence-electron chi connectivity index (χ3n) is 6.11. The van der Waals surface area contributed by atoms with E-state index in [0.717, 1.165) is 61.4 Å². The van der Waals surface area contributed by atoms with Gasteiger partial charge in [0.1, 0.15) is 4.88 Å². The van der Waals surface area contributed by atoms with Gasteiger partial charge in [0, 0.05) is 25.2 Å². The van der Waals surface area contributed by atoms with E-state index in [2.05, 4.69) is 39.9 Å². The van der Waals surface area contributed by atoms with Crippen LogP contribution in [0, 0.1) is 6.92 Å². The molecule has 2 aromatic carbocycles. The van der Waals surface area contributed by atoms with Gasteiger partial charge < -0.3 is 15.5 Å². The highest BCUT2D eigenvalue weighted by Crippen LogP contribution is 2.35. The maximum Gasteiger partial charge on any atom is 0.417 e. The number of aryl methyl sites for hydroxylation is 1. The van der Waals surface area contributed by atoms with Crippen LogP contribution in [-0.4, -0.2) is 49.1 Å². The van der Waals surface area contributed by atoms with Gasteiger partial charge >= 0.3 is 6.18 Å². The zero-order valence-corrected chi connectivity index (χ0v) is 23.9. The molecule has 2 amide bonds. The van der Waals surface area contributed by atoms with Gasteiger partial charge in [-0.2, -0.15) is 18.3 Å². The van der Waals surface area contributed by atoms with Crippen LogP contribution in [0.4, 0.5) is 18.9 Å². The minimum absolute atomic E-state index is 0.107. The molecule has 3 N–H and O–H groups in total. The largest absolute Gasteiger partial charge is 0.417 e. The summed E-state index contributed by atoms with van der Waals surface area (Å²) >= 11 is 6.75. The number of nitrogens with zero attached hydrogens (tertiary/aromatic N) is 2. The zero-order chi connectivity index (χ0) is 29.3. The molecule has 3 rings (SSSR count). The van der Waals surface area contributed by atoms with Gasteiger partial charge in [0.15, 0.2) is 0 Å². The number of benzene rings is 2. The minimum atomic E-state index is -4.62. The van der Waals surface area contributed by atoms with Crippen LogP contribution in [0.5, 0.6) is 0 Å². The molecule has 214 valence electrons. The number of carbonyl (C=O) groups excluding carboxylic acids is 2. The maximum atomic E-state index is 13.1. The van der Waals surface area contributed by atoms with E-state index in [1.54, 1.807) is 30.5 Å². The lowest BCUT2D eigenvalue weighted by Gasteiger charge is -2.18. The molecule has 0 atom stereocenters. The summed E-state index contributed by atoms with van der Waals surface area (Å²) in [6.07, 6.45) is -3.53. The van der Waals surface area contributed by atoms with Gasteiger partial charge in [-0.1, -0.05) is 43.6 Å². The fourth-order valence-electron chi connectivity index (χ4n) is 3.84. The van der Waals surface area contributed by atoms with E-state index >= 15 is 0 Å². The molecule has 0 saturated heterocycles. The second kappa shape index (κ2) is 14.4. The molecule has 0 aliphatic rings. The highest BCUT2D eigenvalue weighted by Gasteiger charge is 2.33. The number of amides is 2. The van der Waals surface area contributed by atoms with Gasteiger partial charge in [-0.3, -0.25) is 9.59 Å². The Hall–Kier alpha value is -3.25. The van der Waals surface area contributed by atoms with Crippen LogP contribution in [0.3, 0.4) is 0 Å². The van der Waals surface area contributed by atoms with Crippen LogP contribution in [0.15, 0.2) is 52.9 Å². The smallest absolute Gasteiger partial charge is 0.320 e. The Balaban J connectivity index is 1.63. The summed E-state index contributed by atoms with van der Waals surface area (Å²) < 4.78 is 39.2. The molecule has 0 spiro atoms. The Morgan fingerprint density at radius 3 is 2.55 bits per heavy atom. The van der Waals surface area contributed by atoms with E-state index in [4.69, 9.17) is 11.6 Å². The van der Waals surface area contributed by atoms with Gasteiger partial charge in [0.05, 0.1) is 22.5 Å². The maximum absolute atomic E-state index is 13.1. The van der Waals surface area contributed by atoms with Gasteiger partial charge in [0.2, 0.25) is 0 Å². The number of hydrogen-bond donors (Lipinski definition) is 3. The number of hydrazone groups is 1. The van der Waals surface area contributed by atoms with Crippen molar-refractivity contribution in [3.8, 4) is 0 Å². The van der Waals surface area contributed by atoms with Crippen molar-refractivity contribution in [2.45, 2.75) is 33.5 Å². The summed E-state index contributed by atoms with van der Waals surface area (Å²) in [5, 5.41) is 11.3. The first-order chi connectivity index (χ1) is 19.0. The quantitative estimate of drug-likeness (QED) is 0.133. The van der Waals surface area contributed by atoms with Crippen LogP contribution in [-0.2, 0) is 12.7 Å². The lowest BCUT2D eigenvalue weighted by molar-refractivity contribution is -0.137. The molecule has 3 aromatic rings. The summed E-state index contributed by atoms with van der Waals surface area (Å²) in [4.78, 5) is 28.3. The first kappa shape index (κ1) is 31.3. The summed E-state index contributed by atoms with van der Waals surface area (Å²) in [6, 6.07) is 10.5. The standard InChI is InChI=1S/C28H31ClF3N5O2S/c1-4-37(5-2)12-11-33-15-19-7-6-8-21(13-19)26(38)35-24-18(3)17-40-25(24)27(39)36-34-16-20-9-10-23(29)22(14-20)28(30,31)32/h6-10,13-14,16-17,33H,4-5,11-12,15H2,1-3H3,(H,35,38)(H,36,39)/b34-16-. The Kier molecular flexibility index (Phi) is 11.3. The number of rotatable bonds is 12. The van der Waals surface area contributed by atoms with Gasteiger partial charge in [-0.25, -0.2) is 5.43 Å². The molecule has 1 aromatic heterocycles. The Morgan fingerprint density at radius 2 is 1.85 bits per heavy atom. The Labute approximate surface area is 240 Å². The second-order valence-electron chi connectivity index (χ2n) is 8.92. The molecule has 0 radical (unpaired) electrons. The predicted molar refractivity (Wildman–Crippen MR) is 154 cm³/mol. The Morgan fingerprint density at radius 1 is 1.10 bits per heavy atom. The minimum Gasteiger partial charge on any atom is -0.320 e. The number of nitrogens with one attached hydrogen (secondary N) is 3. The average molecular weight is 594 g/mol. The highest BCUT2D eigenvalue weighted by atomic mass is 35.5. The normalized spacial score (nSPS) is 11.8. The lowest BCUT2D eigenvalue weighted by Crippen LogP contribution is -2.31. The van der Waals surface area contributed by atoms with Crippen LogP contribution in [0.25, 0.3) is 0 Å². The second-order valence-corrected chi connectivity index (χ2v) is 10.2. The van der Waals surface area contributed by atoms with E-state index < -0.39 is 22.7 Å². The van der Waals surface area contributed by atoms with Crippen molar-refractivity contribution in [2.75, 3.05) is 31.5 Å². The molecular weight excluding hydrogens is 563 g/mol. The predicted octanol–water partition coefficient (Wildman–Crippen LogP) is 6.18. The van der Waals surface area contributed by atoms with Crippen molar-refractivity contribution in [2.24, 2.45) is 5.10 Å². The molecule has 0 aliphatic heterocycles. The molecule has 7 nitrogen and oxygen atoms in total. The molecule has 40 heavy (non-hydrogen) atoms. The number of carbonyl (C=O) groups is 2. The first-order valence-electron chi connectivity index (χ1n) is 12.6. The van der Waals surface area contributed by atoms with E-state index in [9.17, 15) is 22.8 Å². The molecule has 0 fully saturated rings. The number of hydrogen-bond acceptors (Lipinski definition) is 6.